The number of likely N-dealkylation sites (tertiary alicyclic amines) is 1. The van der Waals surface area contributed by atoms with Crippen molar-refractivity contribution in [1.29, 1.82) is 0 Å². The second-order valence-electron chi connectivity index (χ2n) is 6.79. The minimum Gasteiger partial charge on any atom is -0.489 e. The van der Waals surface area contributed by atoms with Crippen LogP contribution in [0, 0.1) is 17.7 Å². The second-order valence-corrected chi connectivity index (χ2v) is 7.82. The Balaban J connectivity index is 1.81. The monoisotopic (exact) mass is 419 g/mol. The molecular weight excluding hydrogens is 404 g/mol. The molecule has 10 heteroatoms. The van der Waals surface area contributed by atoms with Gasteiger partial charge in [-0.15, -0.1) is 11.3 Å². The number of fused-ring (bicyclic) bond motifs is 3. The van der Waals surface area contributed by atoms with Gasteiger partial charge in [0.1, 0.15) is 18.2 Å². The highest BCUT2D eigenvalue weighted by atomic mass is 32.1. The van der Waals surface area contributed by atoms with Gasteiger partial charge in [0.2, 0.25) is 5.60 Å². The van der Waals surface area contributed by atoms with Crippen molar-refractivity contribution < 1.29 is 28.2 Å². The molecule has 1 aromatic carbocycles. The molecule has 0 saturated carbocycles. The van der Waals surface area contributed by atoms with Crippen LogP contribution in [0.15, 0.2) is 12.1 Å². The Hall–Kier alpha value is -3.03. The minimum absolute atomic E-state index is 0.0474. The molecule has 0 aliphatic carbocycles. The van der Waals surface area contributed by atoms with E-state index in [4.69, 9.17) is 10.5 Å². The number of hydrogen-bond donors (Lipinski definition) is 2. The zero-order valence-electron chi connectivity index (χ0n) is 15.2. The first-order valence-electron chi connectivity index (χ1n) is 8.62. The number of aromatic nitrogens is 1. The molecule has 2 aliphatic rings. The van der Waals surface area contributed by atoms with E-state index in [1.54, 1.807) is 0 Å². The predicted molar refractivity (Wildman–Crippen MR) is 99.5 cm³/mol. The number of hydrogen-bond acceptors (Lipinski definition) is 6. The molecule has 0 spiro atoms. The van der Waals surface area contributed by atoms with Gasteiger partial charge in [0.15, 0.2) is 11.2 Å². The van der Waals surface area contributed by atoms with Crippen LogP contribution in [0.5, 0.6) is 5.75 Å². The van der Waals surface area contributed by atoms with E-state index in [-0.39, 0.29) is 45.5 Å². The molecule has 1 aromatic heterocycles. The largest absolute Gasteiger partial charge is 0.489 e. The molecule has 1 saturated heterocycles. The van der Waals surface area contributed by atoms with Crippen LogP contribution in [0.3, 0.4) is 0 Å². The summed E-state index contributed by atoms with van der Waals surface area (Å²) in [6.07, 6.45) is -1.46. The van der Waals surface area contributed by atoms with Gasteiger partial charge in [-0.25, -0.2) is 13.8 Å². The molecule has 2 aromatic rings. The van der Waals surface area contributed by atoms with Crippen LogP contribution in [0.2, 0.25) is 0 Å². The molecular formula is C19H15F2N3O4S. The zero-order valence-corrected chi connectivity index (χ0v) is 16.0. The van der Waals surface area contributed by atoms with E-state index in [1.807, 2.05) is 0 Å². The Morgan fingerprint density at radius 2 is 2.28 bits per heavy atom. The minimum atomic E-state index is -1.89. The summed E-state index contributed by atoms with van der Waals surface area (Å²) < 4.78 is 34.3. The van der Waals surface area contributed by atoms with Gasteiger partial charge in [-0.1, -0.05) is 11.8 Å². The third-order valence-corrected chi connectivity index (χ3v) is 5.93. The Morgan fingerprint density at radius 3 is 2.93 bits per heavy atom. The number of nitrogens with zero attached hydrogens (tertiary/aromatic N) is 2. The van der Waals surface area contributed by atoms with Crippen LogP contribution in [0.1, 0.15) is 32.8 Å². The number of benzene rings is 1. The first-order chi connectivity index (χ1) is 13.7. The molecule has 1 fully saturated rings. The van der Waals surface area contributed by atoms with E-state index in [9.17, 15) is 23.5 Å². The van der Waals surface area contributed by atoms with E-state index in [2.05, 4.69) is 16.8 Å². The molecule has 3 heterocycles. The number of carbonyl (C=O) groups excluding carboxylic acids is 2. The number of carbonyl (C=O) groups is 2. The van der Waals surface area contributed by atoms with Crippen LogP contribution in [0.4, 0.5) is 8.78 Å². The summed E-state index contributed by atoms with van der Waals surface area (Å²) in [5.74, 6) is 2.87. The van der Waals surface area contributed by atoms with E-state index >= 15 is 0 Å². The summed E-state index contributed by atoms with van der Waals surface area (Å²) in [5, 5.41) is 10.3. The summed E-state index contributed by atoms with van der Waals surface area (Å²) in [4.78, 5) is 29.1. The third-order valence-electron chi connectivity index (χ3n) is 4.77. The number of likely N-dealkylation sites (N-methyl/N-ethyl adjacent to an activating group) is 1. The number of primary amides is 1. The van der Waals surface area contributed by atoms with Crippen molar-refractivity contribution in [1.82, 2.24) is 9.88 Å². The average molecular weight is 419 g/mol. The van der Waals surface area contributed by atoms with Crippen LogP contribution < -0.4 is 10.5 Å². The molecule has 29 heavy (non-hydrogen) atoms. The molecule has 3 N–H and O–H groups in total. The maximum absolute atomic E-state index is 14.5. The lowest BCUT2D eigenvalue weighted by Crippen LogP contribution is -2.37. The number of amides is 2. The topological polar surface area (TPSA) is 106 Å². The van der Waals surface area contributed by atoms with Crippen molar-refractivity contribution in [2.75, 3.05) is 20.2 Å². The van der Waals surface area contributed by atoms with E-state index < -0.39 is 29.4 Å². The normalized spacial score (nSPS) is 22.8. The Morgan fingerprint density at radius 1 is 1.52 bits per heavy atom. The van der Waals surface area contributed by atoms with Gasteiger partial charge in [0.25, 0.3) is 11.8 Å². The quantitative estimate of drug-likeness (QED) is 0.680. The molecule has 7 nitrogen and oxygen atoms in total. The second kappa shape index (κ2) is 6.79. The third kappa shape index (κ3) is 3.22. The fourth-order valence-corrected chi connectivity index (χ4v) is 4.07. The number of thiazole rings is 1. The summed E-state index contributed by atoms with van der Waals surface area (Å²) >= 11 is 0.812. The van der Waals surface area contributed by atoms with Gasteiger partial charge < -0.3 is 20.5 Å². The summed E-state index contributed by atoms with van der Waals surface area (Å²) in [5.41, 5.74) is 3.61. The number of nitrogens with two attached hydrogens (primary N) is 1. The molecule has 1 unspecified atom stereocenters. The predicted octanol–water partition coefficient (Wildman–Crippen LogP) is 1.40. The van der Waals surface area contributed by atoms with Crippen LogP contribution >= 0.6 is 11.3 Å². The molecule has 0 bridgehead atoms. The first kappa shape index (κ1) is 19.3. The number of rotatable bonds is 1. The van der Waals surface area contributed by atoms with Crippen LogP contribution in [-0.2, 0) is 4.79 Å². The van der Waals surface area contributed by atoms with E-state index in [0.29, 0.717) is 6.54 Å². The lowest BCUT2D eigenvalue weighted by atomic mass is 10.0. The van der Waals surface area contributed by atoms with Crippen LogP contribution in [0.25, 0.3) is 11.3 Å². The van der Waals surface area contributed by atoms with Crippen molar-refractivity contribution in [3.8, 4) is 28.8 Å². The smallest absolute Gasteiger partial charge is 0.277 e. The molecule has 4 rings (SSSR count). The van der Waals surface area contributed by atoms with Crippen molar-refractivity contribution >= 4 is 23.2 Å². The molecule has 0 radical (unpaired) electrons. The van der Waals surface area contributed by atoms with Gasteiger partial charge in [-0.05, 0) is 6.07 Å². The van der Waals surface area contributed by atoms with E-state index in [1.165, 1.54) is 18.0 Å². The highest BCUT2D eigenvalue weighted by Gasteiger charge is 2.42. The zero-order chi connectivity index (χ0) is 20.9. The lowest BCUT2D eigenvalue weighted by Gasteiger charge is -2.13. The van der Waals surface area contributed by atoms with Crippen molar-refractivity contribution in [2.24, 2.45) is 5.73 Å². The molecule has 2 amide bonds. The van der Waals surface area contributed by atoms with Crippen molar-refractivity contribution in [3.05, 3.63) is 33.4 Å². The van der Waals surface area contributed by atoms with Crippen LogP contribution in [-0.4, -0.2) is 52.6 Å². The highest BCUT2D eigenvalue weighted by molar-refractivity contribution is 7.14. The fraction of sp³-hybridized carbons (Fsp3) is 0.316. The number of alkyl halides is 1. The summed E-state index contributed by atoms with van der Waals surface area (Å²) in [6.45, 7) is -0.0358. The fourth-order valence-electron chi connectivity index (χ4n) is 3.18. The van der Waals surface area contributed by atoms with Crippen molar-refractivity contribution in [2.45, 2.75) is 18.2 Å². The van der Waals surface area contributed by atoms with E-state index in [0.717, 1.165) is 17.4 Å². The summed E-state index contributed by atoms with van der Waals surface area (Å²) in [6, 6.07) is 2.34. The summed E-state index contributed by atoms with van der Waals surface area (Å²) in [7, 11) is 1.54. The number of aliphatic hydroxyl groups is 1. The average Bonchev–Trinajstić information content (AvgIpc) is 3.20. The van der Waals surface area contributed by atoms with Gasteiger partial charge in [-0.3, -0.25) is 9.59 Å². The standard InChI is InChI=1S/C19H15F2N3O4S/c1-24-5-4-19(27,18(24)26)3-2-9-6-10-13(7-11(9)20)28-8-12(21)15-14(10)23-17(29-15)16(22)25/h6-7,12,27H,4-5,8H2,1H3,(H2,22,25)/t12?,19-/m0/s1. The molecule has 150 valence electrons. The maximum atomic E-state index is 14.5. The van der Waals surface area contributed by atoms with Gasteiger partial charge in [-0.2, -0.15) is 0 Å². The molecule has 2 atom stereocenters. The van der Waals surface area contributed by atoms with Gasteiger partial charge >= 0.3 is 0 Å². The van der Waals surface area contributed by atoms with Gasteiger partial charge in [0, 0.05) is 31.6 Å². The molecule has 2 aliphatic heterocycles. The van der Waals surface area contributed by atoms with Crippen molar-refractivity contribution in [3.63, 3.8) is 0 Å². The van der Waals surface area contributed by atoms with Gasteiger partial charge in [0.05, 0.1) is 16.1 Å². The maximum Gasteiger partial charge on any atom is 0.277 e. The lowest BCUT2D eigenvalue weighted by molar-refractivity contribution is -0.137. The Kier molecular flexibility index (Phi) is 4.52. The Bertz CT molecular complexity index is 1110. The Labute approximate surface area is 168 Å². The SMILES string of the molecule is CN1CC[C@@](O)(C#Cc2cc3c(cc2F)OCC(F)c2sc(C(N)=O)nc2-3)C1=O. The first-order valence-corrected chi connectivity index (χ1v) is 9.43. The number of ether oxygens (including phenoxy) is 1. The number of halogens is 2. The highest BCUT2D eigenvalue weighted by Crippen LogP contribution is 2.43.